The van der Waals surface area contributed by atoms with Gasteiger partial charge in [-0.2, -0.15) is 0 Å². The standard InChI is InChI=1S/C31H48NO3/c1-6-7-8-9-10-11-13-17-28-20-16-21-30(22-28)35-27(3)25-34-31(33)26(2)23-32(4,5)24-29-18-14-12-15-19-29/h12,14-16,18-22,26-27H,6-11,13,17,23-25H2,1-5H3/q+1. The summed E-state index contributed by atoms with van der Waals surface area (Å²) in [5, 5.41) is 0. The van der Waals surface area contributed by atoms with Gasteiger partial charge in [0, 0.05) is 5.56 Å². The number of hydrogen-bond donors (Lipinski definition) is 0. The van der Waals surface area contributed by atoms with Gasteiger partial charge in [0.1, 0.15) is 30.9 Å². The number of nitrogens with zero attached hydrogens (tertiary/aromatic N) is 1. The fourth-order valence-electron chi connectivity index (χ4n) is 4.63. The molecule has 0 aliphatic heterocycles. The van der Waals surface area contributed by atoms with Crippen molar-refractivity contribution < 1.29 is 18.8 Å². The fourth-order valence-corrected chi connectivity index (χ4v) is 4.63. The van der Waals surface area contributed by atoms with Crippen LogP contribution >= 0.6 is 0 Å². The lowest BCUT2D eigenvalue weighted by Gasteiger charge is -2.32. The second-order valence-electron chi connectivity index (χ2n) is 10.7. The molecule has 0 aliphatic rings. The van der Waals surface area contributed by atoms with Crippen LogP contribution in [0.4, 0.5) is 0 Å². The summed E-state index contributed by atoms with van der Waals surface area (Å²) in [6.45, 7) is 8.03. The molecule has 0 saturated carbocycles. The Bertz CT molecular complexity index is 849. The average Bonchev–Trinajstić information content (AvgIpc) is 2.82. The van der Waals surface area contributed by atoms with Gasteiger partial charge in [-0.1, -0.05) is 87.9 Å². The molecular formula is C31H48NO3+. The van der Waals surface area contributed by atoms with E-state index in [9.17, 15) is 4.79 Å². The molecule has 2 rings (SSSR count). The quantitative estimate of drug-likeness (QED) is 0.136. The third kappa shape index (κ3) is 12.3. The van der Waals surface area contributed by atoms with E-state index in [-0.39, 0.29) is 24.6 Å². The Morgan fingerprint density at radius 2 is 1.51 bits per heavy atom. The molecular weight excluding hydrogens is 434 g/mol. The monoisotopic (exact) mass is 482 g/mol. The van der Waals surface area contributed by atoms with Crippen molar-refractivity contribution in [2.45, 2.75) is 84.8 Å². The Labute approximate surface area is 214 Å². The Morgan fingerprint density at radius 3 is 2.23 bits per heavy atom. The normalized spacial score (nSPS) is 13.3. The summed E-state index contributed by atoms with van der Waals surface area (Å²) in [6.07, 6.45) is 10.1. The number of ether oxygens (including phenoxy) is 2. The van der Waals surface area contributed by atoms with Gasteiger partial charge in [-0.3, -0.25) is 4.79 Å². The molecule has 0 aromatic heterocycles. The highest BCUT2D eigenvalue weighted by Gasteiger charge is 2.26. The van der Waals surface area contributed by atoms with E-state index >= 15 is 0 Å². The van der Waals surface area contributed by atoms with E-state index in [1.54, 1.807) is 0 Å². The molecule has 0 bridgehead atoms. The number of unbranched alkanes of at least 4 members (excludes halogenated alkanes) is 6. The molecule has 0 amide bonds. The second-order valence-corrected chi connectivity index (χ2v) is 10.7. The third-order valence-corrected chi connectivity index (χ3v) is 6.39. The molecule has 2 unspecified atom stereocenters. The minimum Gasteiger partial charge on any atom is -0.487 e. The summed E-state index contributed by atoms with van der Waals surface area (Å²) in [7, 11) is 4.31. The van der Waals surface area contributed by atoms with Crippen molar-refractivity contribution in [1.82, 2.24) is 0 Å². The summed E-state index contributed by atoms with van der Waals surface area (Å²) in [4.78, 5) is 12.6. The SMILES string of the molecule is CCCCCCCCCc1cccc(OC(C)COC(=O)C(C)C[N+](C)(C)Cc2ccccc2)c1. The molecule has 0 aliphatic carbocycles. The molecule has 4 heteroatoms. The number of aryl methyl sites for hydroxylation is 1. The first kappa shape index (κ1) is 28.9. The van der Waals surface area contributed by atoms with E-state index < -0.39 is 0 Å². The van der Waals surface area contributed by atoms with E-state index in [4.69, 9.17) is 9.47 Å². The topological polar surface area (TPSA) is 35.5 Å². The number of rotatable bonds is 17. The van der Waals surface area contributed by atoms with Gasteiger partial charge in [0.2, 0.25) is 0 Å². The molecule has 0 heterocycles. The van der Waals surface area contributed by atoms with E-state index in [0.717, 1.165) is 29.7 Å². The number of carbonyl (C=O) groups excluding carboxylic acids is 1. The highest BCUT2D eigenvalue weighted by atomic mass is 16.6. The summed E-state index contributed by atoms with van der Waals surface area (Å²) < 4.78 is 12.4. The first-order valence-electron chi connectivity index (χ1n) is 13.6. The van der Waals surface area contributed by atoms with E-state index in [0.29, 0.717) is 0 Å². The predicted octanol–water partition coefficient (Wildman–Crippen LogP) is 7.20. The van der Waals surface area contributed by atoms with Gasteiger partial charge >= 0.3 is 5.97 Å². The van der Waals surface area contributed by atoms with Crippen LogP contribution in [-0.2, 0) is 22.5 Å². The van der Waals surface area contributed by atoms with Crippen LogP contribution in [0.3, 0.4) is 0 Å². The van der Waals surface area contributed by atoms with Gasteiger partial charge in [-0.05, 0) is 44.4 Å². The van der Waals surface area contributed by atoms with Crippen LogP contribution in [-0.4, -0.2) is 43.8 Å². The van der Waals surface area contributed by atoms with Crippen molar-refractivity contribution in [2.24, 2.45) is 5.92 Å². The first-order chi connectivity index (χ1) is 16.8. The molecule has 0 N–H and O–H groups in total. The molecule has 2 atom stereocenters. The molecule has 0 spiro atoms. The molecule has 35 heavy (non-hydrogen) atoms. The van der Waals surface area contributed by atoms with Crippen molar-refractivity contribution in [3.63, 3.8) is 0 Å². The summed E-state index contributed by atoms with van der Waals surface area (Å²) >= 11 is 0. The molecule has 2 aromatic rings. The van der Waals surface area contributed by atoms with Crippen LogP contribution in [0.5, 0.6) is 5.75 Å². The van der Waals surface area contributed by atoms with E-state index in [1.807, 2.05) is 26.0 Å². The van der Waals surface area contributed by atoms with Crippen LogP contribution in [0, 0.1) is 5.92 Å². The van der Waals surface area contributed by atoms with Crippen LogP contribution in [0.25, 0.3) is 0 Å². The zero-order valence-corrected chi connectivity index (χ0v) is 22.8. The number of esters is 1. The minimum absolute atomic E-state index is 0.160. The maximum Gasteiger partial charge on any atom is 0.314 e. The van der Waals surface area contributed by atoms with Crippen molar-refractivity contribution in [3.05, 3.63) is 65.7 Å². The minimum atomic E-state index is -0.188. The van der Waals surface area contributed by atoms with Crippen molar-refractivity contribution >= 4 is 5.97 Å². The van der Waals surface area contributed by atoms with E-state index in [2.05, 4.69) is 63.5 Å². The molecule has 0 fully saturated rings. The average molecular weight is 483 g/mol. The van der Waals surface area contributed by atoms with Gasteiger partial charge in [0.05, 0.1) is 20.6 Å². The van der Waals surface area contributed by atoms with Gasteiger partial charge in [-0.25, -0.2) is 0 Å². The first-order valence-corrected chi connectivity index (χ1v) is 13.6. The Morgan fingerprint density at radius 1 is 0.857 bits per heavy atom. The molecule has 2 aromatic carbocycles. The van der Waals surface area contributed by atoms with Crippen LogP contribution in [0.1, 0.15) is 76.8 Å². The van der Waals surface area contributed by atoms with E-state index in [1.165, 1.54) is 56.1 Å². The number of carbonyl (C=O) groups is 1. The Kier molecular flexibility index (Phi) is 12.9. The smallest absolute Gasteiger partial charge is 0.314 e. The largest absolute Gasteiger partial charge is 0.487 e. The maximum absolute atomic E-state index is 12.6. The highest BCUT2D eigenvalue weighted by molar-refractivity contribution is 5.72. The molecule has 0 saturated heterocycles. The van der Waals surface area contributed by atoms with Gasteiger partial charge < -0.3 is 14.0 Å². The maximum atomic E-state index is 12.6. The zero-order chi connectivity index (χ0) is 25.5. The molecule has 4 nitrogen and oxygen atoms in total. The van der Waals surface area contributed by atoms with Crippen molar-refractivity contribution in [1.29, 1.82) is 0 Å². The van der Waals surface area contributed by atoms with Crippen molar-refractivity contribution in [2.75, 3.05) is 27.2 Å². The van der Waals surface area contributed by atoms with Crippen LogP contribution in [0.15, 0.2) is 54.6 Å². The highest BCUT2D eigenvalue weighted by Crippen LogP contribution is 2.18. The second kappa shape index (κ2) is 15.6. The predicted molar refractivity (Wildman–Crippen MR) is 145 cm³/mol. The van der Waals surface area contributed by atoms with Crippen molar-refractivity contribution in [3.8, 4) is 5.75 Å². The van der Waals surface area contributed by atoms with Gasteiger partial charge in [0.25, 0.3) is 0 Å². The lowest BCUT2D eigenvalue weighted by Crippen LogP contribution is -2.44. The number of quaternary nitrogens is 1. The fraction of sp³-hybridized carbons (Fsp3) is 0.581. The van der Waals surface area contributed by atoms with Gasteiger partial charge in [0.15, 0.2) is 0 Å². The van der Waals surface area contributed by atoms with Gasteiger partial charge in [-0.15, -0.1) is 0 Å². The third-order valence-electron chi connectivity index (χ3n) is 6.39. The van der Waals surface area contributed by atoms with Crippen LogP contribution in [0.2, 0.25) is 0 Å². The summed E-state index contributed by atoms with van der Waals surface area (Å²) in [5.41, 5.74) is 2.58. The number of hydrogen-bond acceptors (Lipinski definition) is 3. The Hall–Kier alpha value is -2.33. The summed E-state index contributed by atoms with van der Waals surface area (Å²) in [5.74, 6) is 0.515. The number of benzene rings is 2. The molecule has 194 valence electrons. The summed E-state index contributed by atoms with van der Waals surface area (Å²) in [6, 6.07) is 18.7. The lowest BCUT2D eigenvalue weighted by atomic mass is 10.0. The molecule has 0 radical (unpaired) electrons. The van der Waals surface area contributed by atoms with Crippen LogP contribution < -0.4 is 4.74 Å². The Balaban J connectivity index is 1.70. The lowest BCUT2D eigenvalue weighted by molar-refractivity contribution is -0.905. The zero-order valence-electron chi connectivity index (χ0n) is 22.8.